The number of nitrogens with one attached hydrogen (secondary N) is 1. The van der Waals surface area contributed by atoms with Crippen molar-refractivity contribution in [3.05, 3.63) is 63.1 Å². The van der Waals surface area contributed by atoms with Gasteiger partial charge < -0.3 is 14.3 Å². The molecule has 0 saturated carbocycles. The van der Waals surface area contributed by atoms with Crippen LogP contribution >= 0.6 is 11.3 Å². The van der Waals surface area contributed by atoms with Gasteiger partial charge in [0.15, 0.2) is 5.76 Å². The molecule has 3 rings (SSSR count). The van der Waals surface area contributed by atoms with Gasteiger partial charge in [-0.25, -0.2) is 0 Å². The summed E-state index contributed by atoms with van der Waals surface area (Å²) in [5.41, 5.74) is 1.84. The monoisotopic (exact) mass is 330 g/mol. The van der Waals surface area contributed by atoms with Crippen LogP contribution in [0.5, 0.6) is 0 Å². The molecule has 3 aromatic heterocycles. The lowest BCUT2D eigenvalue weighted by Crippen LogP contribution is -2.25. The van der Waals surface area contributed by atoms with Crippen LogP contribution in [0.1, 0.15) is 51.2 Å². The van der Waals surface area contributed by atoms with E-state index in [9.17, 15) is 4.79 Å². The maximum absolute atomic E-state index is 12.3. The Morgan fingerprint density at radius 1 is 1.35 bits per heavy atom. The van der Waals surface area contributed by atoms with Crippen molar-refractivity contribution in [2.24, 2.45) is 0 Å². The molecular weight excluding hydrogens is 312 g/mol. The lowest BCUT2D eigenvalue weighted by Gasteiger charge is -2.10. The highest BCUT2D eigenvalue weighted by Crippen LogP contribution is 2.21. The fourth-order valence-electron chi connectivity index (χ4n) is 2.40. The number of nitrogens with zero attached hydrogens (tertiary/aromatic N) is 1. The summed E-state index contributed by atoms with van der Waals surface area (Å²) in [7, 11) is 0. The summed E-state index contributed by atoms with van der Waals surface area (Å²) >= 11 is 1.62. The molecule has 0 aliphatic rings. The Bertz CT molecular complexity index is 782. The van der Waals surface area contributed by atoms with Crippen molar-refractivity contribution < 1.29 is 13.7 Å². The molecule has 1 amide bonds. The van der Waals surface area contributed by atoms with Crippen molar-refractivity contribution in [2.45, 2.75) is 33.2 Å². The van der Waals surface area contributed by atoms with Crippen molar-refractivity contribution in [3.63, 3.8) is 0 Å². The van der Waals surface area contributed by atoms with E-state index in [1.165, 1.54) is 0 Å². The second kappa shape index (κ2) is 6.42. The van der Waals surface area contributed by atoms with Crippen molar-refractivity contribution in [1.29, 1.82) is 0 Å². The minimum atomic E-state index is -0.212. The minimum absolute atomic E-state index is 0.0430. The third-order valence-corrected chi connectivity index (χ3v) is 4.79. The van der Waals surface area contributed by atoms with Gasteiger partial charge in [-0.2, -0.15) is 0 Å². The van der Waals surface area contributed by atoms with Crippen LogP contribution in [0.15, 0.2) is 38.6 Å². The minimum Gasteiger partial charge on any atom is -0.456 e. The number of aromatic nitrogens is 1. The zero-order valence-corrected chi connectivity index (χ0v) is 14.1. The largest absolute Gasteiger partial charge is 0.456 e. The van der Waals surface area contributed by atoms with Gasteiger partial charge >= 0.3 is 0 Å². The van der Waals surface area contributed by atoms with Gasteiger partial charge in [-0.05, 0) is 44.4 Å². The number of furan rings is 1. The molecule has 0 aliphatic carbocycles. The van der Waals surface area contributed by atoms with Crippen LogP contribution in [0.4, 0.5) is 0 Å². The Labute approximate surface area is 138 Å². The first-order chi connectivity index (χ1) is 11.0. The molecule has 23 heavy (non-hydrogen) atoms. The molecule has 3 aromatic rings. The zero-order chi connectivity index (χ0) is 16.4. The summed E-state index contributed by atoms with van der Waals surface area (Å²) in [5, 5.41) is 8.86. The van der Waals surface area contributed by atoms with E-state index in [-0.39, 0.29) is 11.9 Å². The summed E-state index contributed by atoms with van der Waals surface area (Å²) in [4.78, 5) is 13.4. The highest BCUT2D eigenvalue weighted by Gasteiger charge is 2.17. The lowest BCUT2D eigenvalue weighted by molar-refractivity contribution is 0.0911. The number of hydrogen-bond acceptors (Lipinski definition) is 5. The summed E-state index contributed by atoms with van der Waals surface area (Å²) in [6.45, 7) is 5.72. The van der Waals surface area contributed by atoms with E-state index in [0.717, 1.165) is 21.9 Å². The van der Waals surface area contributed by atoms with E-state index in [1.807, 2.05) is 44.4 Å². The second-order valence-corrected chi connectivity index (χ2v) is 6.44. The fourth-order valence-corrected chi connectivity index (χ4v) is 3.13. The number of amides is 1. The van der Waals surface area contributed by atoms with E-state index < -0.39 is 0 Å². The quantitative estimate of drug-likeness (QED) is 0.767. The van der Waals surface area contributed by atoms with Crippen LogP contribution < -0.4 is 5.32 Å². The number of thiophene rings is 1. The van der Waals surface area contributed by atoms with Crippen LogP contribution in [0.25, 0.3) is 0 Å². The normalized spacial score (nSPS) is 12.3. The van der Waals surface area contributed by atoms with Gasteiger partial charge in [-0.3, -0.25) is 4.79 Å². The molecule has 3 heterocycles. The van der Waals surface area contributed by atoms with Crippen molar-refractivity contribution in [1.82, 2.24) is 10.5 Å². The number of carbonyl (C=O) groups excluding carboxylic acids is 1. The summed E-state index contributed by atoms with van der Waals surface area (Å²) in [6.07, 6.45) is 0.564. The smallest absolute Gasteiger partial charge is 0.287 e. The molecule has 120 valence electrons. The number of hydrogen-bond donors (Lipinski definition) is 1. The average Bonchev–Trinajstić information content (AvgIpc) is 3.25. The van der Waals surface area contributed by atoms with Gasteiger partial charge in [0.1, 0.15) is 11.5 Å². The van der Waals surface area contributed by atoms with Crippen LogP contribution in [0.3, 0.4) is 0 Å². The van der Waals surface area contributed by atoms with Gasteiger partial charge in [0, 0.05) is 16.9 Å². The molecule has 0 aliphatic heterocycles. The Hall–Kier alpha value is -2.34. The first-order valence-corrected chi connectivity index (χ1v) is 8.27. The number of carbonyl (C=O) groups is 1. The summed E-state index contributed by atoms with van der Waals surface area (Å²) in [5.74, 6) is 1.59. The standard InChI is InChI=1S/C17H18N2O3S/c1-10-14(12(3)22-19-10)9-13-6-7-15(21-13)17(20)18-11(2)16-5-4-8-23-16/h4-8,11H,9H2,1-3H3,(H,18,20). The highest BCUT2D eigenvalue weighted by molar-refractivity contribution is 7.10. The van der Waals surface area contributed by atoms with Gasteiger partial charge in [0.25, 0.3) is 5.91 Å². The zero-order valence-electron chi connectivity index (χ0n) is 13.3. The summed E-state index contributed by atoms with van der Waals surface area (Å²) < 4.78 is 10.8. The molecule has 1 unspecified atom stereocenters. The Balaban J connectivity index is 1.68. The predicted molar refractivity (Wildman–Crippen MR) is 87.7 cm³/mol. The van der Waals surface area contributed by atoms with Crippen LogP contribution in [-0.2, 0) is 6.42 Å². The van der Waals surface area contributed by atoms with E-state index in [0.29, 0.717) is 17.9 Å². The Morgan fingerprint density at radius 3 is 2.83 bits per heavy atom. The third kappa shape index (κ3) is 3.37. The molecule has 1 N–H and O–H groups in total. The first kappa shape index (κ1) is 15.6. The lowest BCUT2D eigenvalue weighted by atomic mass is 10.1. The van der Waals surface area contributed by atoms with Crippen molar-refractivity contribution in [3.8, 4) is 0 Å². The molecule has 0 bridgehead atoms. The van der Waals surface area contributed by atoms with E-state index in [2.05, 4.69) is 10.5 Å². The Morgan fingerprint density at radius 2 is 2.17 bits per heavy atom. The molecule has 6 heteroatoms. The van der Waals surface area contributed by atoms with Crippen LogP contribution in [-0.4, -0.2) is 11.1 Å². The molecule has 0 fully saturated rings. The molecule has 0 spiro atoms. The van der Waals surface area contributed by atoms with Gasteiger partial charge in [-0.1, -0.05) is 11.2 Å². The second-order valence-electron chi connectivity index (χ2n) is 5.46. The van der Waals surface area contributed by atoms with Crippen LogP contribution in [0, 0.1) is 13.8 Å². The van der Waals surface area contributed by atoms with E-state index in [4.69, 9.17) is 8.94 Å². The van der Waals surface area contributed by atoms with Crippen molar-refractivity contribution in [2.75, 3.05) is 0 Å². The maximum atomic E-state index is 12.3. The molecule has 0 saturated heterocycles. The van der Waals surface area contributed by atoms with Gasteiger partial charge in [0.05, 0.1) is 11.7 Å². The SMILES string of the molecule is Cc1noc(C)c1Cc1ccc(C(=O)NC(C)c2cccs2)o1. The topological polar surface area (TPSA) is 68.3 Å². The number of rotatable bonds is 5. The van der Waals surface area contributed by atoms with Gasteiger partial charge in [-0.15, -0.1) is 11.3 Å². The van der Waals surface area contributed by atoms with Crippen molar-refractivity contribution >= 4 is 17.2 Å². The molecule has 1 atom stereocenters. The Kier molecular flexibility index (Phi) is 4.34. The van der Waals surface area contributed by atoms with E-state index in [1.54, 1.807) is 17.4 Å². The molecular formula is C17H18N2O3S. The third-order valence-electron chi connectivity index (χ3n) is 3.74. The average molecular weight is 330 g/mol. The van der Waals surface area contributed by atoms with Crippen LogP contribution in [0.2, 0.25) is 0 Å². The molecule has 0 aromatic carbocycles. The maximum Gasteiger partial charge on any atom is 0.287 e. The highest BCUT2D eigenvalue weighted by atomic mass is 32.1. The molecule has 0 radical (unpaired) electrons. The van der Waals surface area contributed by atoms with E-state index >= 15 is 0 Å². The fraction of sp³-hybridized carbons (Fsp3) is 0.294. The number of aryl methyl sites for hydroxylation is 2. The van der Waals surface area contributed by atoms with Gasteiger partial charge in [0.2, 0.25) is 0 Å². The molecule has 5 nitrogen and oxygen atoms in total. The summed E-state index contributed by atoms with van der Waals surface area (Å²) in [6, 6.07) is 7.44. The predicted octanol–water partition coefficient (Wildman–Crippen LogP) is 4.03. The first-order valence-electron chi connectivity index (χ1n) is 7.39.